The molecule has 2 aromatic rings. The van der Waals surface area contributed by atoms with Gasteiger partial charge in [-0.3, -0.25) is 4.68 Å². The second kappa shape index (κ2) is 5.21. The minimum Gasteiger partial charge on any atom is -0.325 e. The van der Waals surface area contributed by atoms with Crippen LogP contribution in [0.4, 0.5) is 0 Å². The predicted octanol–water partition coefficient (Wildman–Crippen LogP) is 3.41. The zero-order valence-corrected chi connectivity index (χ0v) is 12.6. The lowest BCUT2D eigenvalue weighted by Gasteiger charge is -2.37. The molecule has 0 radical (unpaired) electrons. The molecule has 0 bridgehead atoms. The average Bonchev–Trinajstić information content (AvgIpc) is 2.75. The van der Waals surface area contributed by atoms with Crippen molar-refractivity contribution in [2.24, 2.45) is 18.7 Å². The first-order chi connectivity index (χ1) is 9.61. The topological polar surface area (TPSA) is 43.8 Å². The Morgan fingerprint density at radius 1 is 1.40 bits per heavy atom. The van der Waals surface area contributed by atoms with Crippen LogP contribution in [0.3, 0.4) is 0 Å². The van der Waals surface area contributed by atoms with Gasteiger partial charge in [0.2, 0.25) is 0 Å². The van der Waals surface area contributed by atoms with Gasteiger partial charge in [-0.05, 0) is 24.8 Å². The van der Waals surface area contributed by atoms with Gasteiger partial charge in [-0.2, -0.15) is 5.10 Å². The summed E-state index contributed by atoms with van der Waals surface area (Å²) in [5.41, 5.74) is 9.02. The second-order valence-corrected chi connectivity index (χ2v) is 6.50. The number of benzene rings is 1. The number of rotatable bonds is 3. The standard InChI is InChI=1S/C17H25N3/c1-3-13-7-6-10-17(18,11-13)12-15-14-8-4-5-9-16(14)20(2)19-15/h4-5,8-9,13H,3,6-7,10-12,18H2,1-2H3. The Balaban J connectivity index is 1.89. The number of fused-ring (bicyclic) bond motifs is 1. The van der Waals surface area contributed by atoms with Crippen LogP contribution in [-0.4, -0.2) is 15.3 Å². The second-order valence-electron chi connectivity index (χ2n) is 6.50. The number of hydrogen-bond acceptors (Lipinski definition) is 2. The van der Waals surface area contributed by atoms with E-state index in [9.17, 15) is 0 Å². The molecule has 2 atom stereocenters. The van der Waals surface area contributed by atoms with Gasteiger partial charge in [-0.15, -0.1) is 0 Å². The van der Waals surface area contributed by atoms with Crippen LogP contribution in [-0.2, 0) is 13.5 Å². The molecule has 1 heterocycles. The van der Waals surface area contributed by atoms with E-state index in [0.717, 1.165) is 25.2 Å². The van der Waals surface area contributed by atoms with Gasteiger partial charge in [0, 0.05) is 24.4 Å². The molecule has 1 aliphatic carbocycles. The first kappa shape index (κ1) is 13.6. The minimum atomic E-state index is -0.0595. The Morgan fingerprint density at radius 3 is 3.00 bits per heavy atom. The average molecular weight is 271 g/mol. The number of hydrogen-bond donors (Lipinski definition) is 1. The van der Waals surface area contributed by atoms with E-state index >= 15 is 0 Å². The maximum atomic E-state index is 6.71. The Morgan fingerprint density at radius 2 is 2.20 bits per heavy atom. The fraction of sp³-hybridized carbons (Fsp3) is 0.588. The maximum Gasteiger partial charge on any atom is 0.0721 e. The number of aryl methyl sites for hydroxylation is 1. The van der Waals surface area contributed by atoms with E-state index in [2.05, 4.69) is 31.2 Å². The van der Waals surface area contributed by atoms with Crippen LogP contribution in [0.15, 0.2) is 24.3 Å². The van der Waals surface area contributed by atoms with Crippen LogP contribution in [0.2, 0.25) is 0 Å². The molecule has 1 fully saturated rings. The van der Waals surface area contributed by atoms with Gasteiger partial charge < -0.3 is 5.73 Å². The quantitative estimate of drug-likeness (QED) is 0.929. The van der Waals surface area contributed by atoms with E-state index in [4.69, 9.17) is 10.8 Å². The summed E-state index contributed by atoms with van der Waals surface area (Å²) in [4.78, 5) is 0. The van der Waals surface area contributed by atoms with E-state index in [-0.39, 0.29) is 5.54 Å². The third kappa shape index (κ3) is 2.47. The Labute approximate surface area is 121 Å². The number of para-hydroxylation sites is 1. The molecule has 0 saturated heterocycles. The number of nitrogens with two attached hydrogens (primary N) is 1. The van der Waals surface area contributed by atoms with Crippen molar-refractivity contribution >= 4 is 10.9 Å². The van der Waals surface area contributed by atoms with Crippen LogP contribution < -0.4 is 5.73 Å². The Bertz CT molecular complexity index is 601. The summed E-state index contributed by atoms with van der Waals surface area (Å²) in [7, 11) is 2.02. The molecular weight excluding hydrogens is 246 g/mol. The summed E-state index contributed by atoms with van der Waals surface area (Å²) in [6.07, 6.45) is 7.05. The highest BCUT2D eigenvalue weighted by molar-refractivity contribution is 5.81. The molecule has 1 aromatic carbocycles. The molecule has 1 aromatic heterocycles. The first-order valence-electron chi connectivity index (χ1n) is 7.81. The van der Waals surface area contributed by atoms with Gasteiger partial charge in [0.1, 0.15) is 0 Å². The summed E-state index contributed by atoms with van der Waals surface area (Å²) in [5.74, 6) is 0.795. The van der Waals surface area contributed by atoms with Crippen molar-refractivity contribution in [3.8, 4) is 0 Å². The predicted molar refractivity (Wildman–Crippen MR) is 83.6 cm³/mol. The van der Waals surface area contributed by atoms with Crippen molar-refractivity contribution in [1.82, 2.24) is 9.78 Å². The third-order valence-corrected chi connectivity index (χ3v) is 4.91. The van der Waals surface area contributed by atoms with Crippen molar-refractivity contribution in [2.45, 2.75) is 51.0 Å². The molecule has 1 saturated carbocycles. The lowest BCUT2D eigenvalue weighted by Crippen LogP contribution is -2.46. The van der Waals surface area contributed by atoms with Crippen molar-refractivity contribution in [1.29, 1.82) is 0 Å². The molecular formula is C17H25N3. The molecule has 2 unspecified atom stereocenters. The van der Waals surface area contributed by atoms with E-state index in [1.54, 1.807) is 0 Å². The summed E-state index contributed by atoms with van der Waals surface area (Å²) in [6.45, 7) is 2.28. The SMILES string of the molecule is CCC1CCCC(N)(Cc2nn(C)c3ccccc23)C1. The van der Waals surface area contributed by atoms with Crippen molar-refractivity contribution in [3.05, 3.63) is 30.0 Å². The van der Waals surface area contributed by atoms with Gasteiger partial charge in [0.05, 0.1) is 11.2 Å². The number of nitrogens with zero attached hydrogens (tertiary/aromatic N) is 2. The molecule has 0 spiro atoms. The summed E-state index contributed by atoms with van der Waals surface area (Å²) in [6, 6.07) is 8.46. The van der Waals surface area contributed by atoms with Gasteiger partial charge >= 0.3 is 0 Å². The first-order valence-corrected chi connectivity index (χ1v) is 7.81. The lowest BCUT2D eigenvalue weighted by molar-refractivity contribution is 0.217. The Hall–Kier alpha value is -1.35. The monoisotopic (exact) mass is 271 g/mol. The van der Waals surface area contributed by atoms with E-state index in [1.807, 2.05) is 11.7 Å². The van der Waals surface area contributed by atoms with Crippen molar-refractivity contribution in [2.75, 3.05) is 0 Å². The van der Waals surface area contributed by atoms with E-state index < -0.39 is 0 Å². The molecule has 1 aliphatic rings. The van der Waals surface area contributed by atoms with Crippen LogP contribution in [0.25, 0.3) is 10.9 Å². The fourth-order valence-electron chi connectivity index (χ4n) is 3.78. The van der Waals surface area contributed by atoms with Crippen LogP contribution in [0, 0.1) is 5.92 Å². The normalized spacial score (nSPS) is 27.1. The molecule has 3 heteroatoms. The lowest BCUT2D eigenvalue weighted by atomic mass is 9.73. The zero-order chi connectivity index (χ0) is 14.2. The smallest absolute Gasteiger partial charge is 0.0721 e. The molecule has 0 aliphatic heterocycles. The zero-order valence-electron chi connectivity index (χ0n) is 12.6. The molecule has 3 rings (SSSR count). The highest BCUT2D eigenvalue weighted by atomic mass is 15.3. The van der Waals surface area contributed by atoms with Gasteiger partial charge in [0.25, 0.3) is 0 Å². The van der Waals surface area contributed by atoms with Gasteiger partial charge in [-0.1, -0.05) is 44.4 Å². The highest BCUT2D eigenvalue weighted by Crippen LogP contribution is 2.35. The molecule has 20 heavy (non-hydrogen) atoms. The third-order valence-electron chi connectivity index (χ3n) is 4.91. The van der Waals surface area contributed by atoms with E-state index in [0.29, 0.717) is 0 Å². The minimum absolute atomic E-state index is 0.0595. The largest absolute Gasteiger partial charge is 0.325 e. The summed E-state index contributed by atoms with van der Waals surface area (Å²) < 4.78 is 1.98. The molecule has 0 amide bonds. The van der Waals surface area contributed by atoms with Crippen molar-refractivity contribution < 1.29 is 0 Å². The summed E-state index contributed by atoms with van der Waals surface area (Å²) in [5, 5.41) is 5.98. The van der Waals surface area contributed by atoms with Crippen LogP contribution in [0.1, 0.15) is 44.7 Å². The van der Waals surface area contributed by atoms with Crippen molar-refractivity contribution in [3.63, 3.8) is 0 Å². The fourth-order valence-corrected chi connectivity index (χ4v) is 3.78. The van der Waals surface area contributed by atoms with Crippen LogP contribution in [0.5, 0.6) is 0 Å². The molecule has 3 nitrogen and oxygen atoms in total. The number of aromatic nitrogens is 2. The summed E-state index contributed by atoms with van der Waals surface area (Å²) >= 11 is 0. The highest BCUT2D eigenvalue weighted by Gasteiger charge is 2.33. The van der Waals surface area contributed by atoms with Gasteiger partial charge in [-0.25, -0.2) is 0 Å². The molecule has 108 valence electrons. The Kier molecular flexibility index (Phi) is 3.55. The van der Waals surface area contributed by atoms with E-state index in [1.165, 1.54) is 35.9 Å². The molecule has 2 N–H and O–H groups in total. The van der Waals surface area contributed by atoms with Crippen LogP contribution >= 0.6 is 0 Å². The van der Waals surface area contributed by atoms with Gasteiger partial charge in [0.15, 0.2) is 0 Å². The maximum absolute atomic E-state index is 6.71.